The smallest absolute Gasteiger partial charge is 0.287 e. The Bertz CT molecular complexity index is 874. The van der Waals surface area contributed by atoms with E-state index in [1.807, 2.05) is 31.2 Å². The number of anilines is 1. The summed E-state index contributed by atoms with van der Waals surface area (Å²) in [6.07, 6.45) is 4.67. The molecule has 0 radical (unpaired) electrons. The highest BCUT2D eigenvalue weighted by Crippen LogP contribution is 2.23. The van der Waals surface area contributed by atoms with Crippen molar-refractivity contribution in [3.05, 3.63) is 64.1 Å². The van der Waals surface area contributed by atoms with E-state index in [1.54, 1.807) is 24.3 Å². The monoisotopic (exact) mass is 330 g/mol. The zero-order chi connectivity index (χ0) is 16.4. The van der Waals surface area contributed by atoms with Gasteiger partial charge in [-0.15, -0.1) is 0 Å². The molecular formula is C15H15ClN6O. The molecule has 0 aliphatic rings. The molecule has 1 N–H and O–H groups in total. The molecule has 7 nitrogen and oxygen atoms in total. The topological polar surface area (TPSA) is 77.6 Å². The molecule has 3 aromatic rings. The van der Waals surface area contributed by atoms with Gasteiger partial charge < -0.3 is 5.32 Å². The van der Waals surface area contributed by atoms with Crippen LogP contribution in [0.1, 0.15) is 18.5 Å². The van der Waals surface area contributed by atoms with Gasteiger partial charge in [-0.2, -0.15) is 10.2 Å². The van der Waals surface area contributed by atoms with Crippen LogP contribution in [-0.4, -0.2) is 24.5 Å². The van der Waals surface area contributed by atoms with Crippen LogP contribution in [0.5, 0.6) is 0 Å². The van der Waals surface area contributed by atoms with E-state index < -0.39 is 0 Å². The van der Waals surface area contributed by atoms with Gasteiger partial charge in [0.05, 0.1) is 17.6 Å². The van der Waals surface area contributed by atoms with Crippen LogP contribution in [0.2, 0.25) is 5.02 Å². The van der Waals surface area contributed by atoms with Crippen molar-refractivity contribution >= 4 is 17.3 Å². The highest BCUT2D eigenvalue weighted by molar-refractivity contribution is 6.32. The zero-order valence-electron chi connectivity index (χ0n) is 12.6. The van der Waals surface area contributed by atoms with Gasteiger partial charge in [0.15, 0.2) is 0 Å². The lowest BCUT2D eigenvalue weighted by Crippen LogP contribution is -2.21. The zero-order valence-corrected chi connectivity index (χ0v) is 13.4. The minimum Gasteiger partial charge on any atom is -0.376 e. The predicted octanol–water partition coefficient (Wildman–Crippen LogP) is 2.19. The Kier molecular flexibility index (Phi) is 4.12. The van der Waals surface area contributed by atoms with E-state index in [0.717, 1.165) is 11.3 Å². The van der Waals surface area contributed by atoms with Gasteiger partial charge in [-0.05, 0) is 24.6 Å². The summed E-state index contributed by atoms with van der Waals surface area (Å²) in [6.45, 7) is 1.98. The molecular weight excluding hydrogens is 316 g/mol. The van der Waals surface area contributed by atoms with Crippen molar-refractivity contribution in [2.45, 2.75) is 13.0 Å². The van der Waals surface area contributed by atoms with E-state index >= 15 is 0 Å². The number of hydrogen-bond donors (Lipinski definition) is 1. The Labute approximate surface area is 137 Å². The van der Waals surface area contributed by atoms with Crippen molar-refractivity contribution in [2.75, 3.05) is 5.32 Å². The Morgan fingerprint density at radius 3 is 2.87 bits per heavy atom. The van der Waals surface area contributed by atoms with Gasteiger partial charge in [0.2, 0.25) is 0 Å². The highest BCUT2D eigenvalue weighted by Gasteiger charge is 2.12. The summed E-state index contributed by atoms with van der Waals surface area (Å²) in [5.41, 5.74) is 2.10. The van der Waals surface area contributed by atoms with E-state index in [1.165, 1.54) is 11.0 Å². The molecule has 0 spiro atoms. The molecule has 1 atom stereocenters. The van der Waals surface area contributed by atoms with Gasteiger partial charge in [0.1, 0.15) is 17.7 Å². The number of halogens is 1. The van der Waals surface area contributed by atoms with Crippen LogP contribution < -0.4 is 10.9 Å². The maximum Gasteiger partial charge on any atom is 0.287 e. The molecule has 0 bridgehead atoms. The van der Waals surface area contributed by atoms with Crippen molar-refractivity contribution < 1.29 is 0 Å². The molecule has 0 fully saturated rings. The summed E-state index contributed by atoms with van der Waals surface area (Å²) in [6, 6.07) is 7.80. The predicted molar refractivity (Wildman–Crippen MR) is 87.9 cm³/mol. The third-order valence-electron chi connectivity index (χ3n) is 3.50. The normalized spacial score (nSPS) is 12.1. The summed E-state index contributed by atoms with van der Waals surface area (Å²) in [7, 11) is 1.56. The first-order valence-corrected chi connectivity index (χ1v) is 7.37. The molecule has 2 aromatic heterocycles. The molecule has 0 unspecified atom stereocenters. The summed E-state index contributed by atoms with van der Waals surface area (Å²) >= 11 is 6.08. The van der Waals surface area contributed by atoms with Gasteiger partial charge in [-0.3, -0.25) is 4.79 Å². The molecule has 0 aliphatic carbocycles. The van der Waals surface area contributed by atoms with Crippen LogP contribution in [0.25, 0.3) is 5.69 Å². The maximum absolute atomic E-state index is 11.8. The third-order valence-corrected chi connectivity index (χ3v) is 3.87. The van der Waals surface area contributed by atoms with Gasteiger partial charge in [0.25, 0.3) is 5.56 Å². The van der Waals surface area contributed by atoms with Crippen molar-refractivity contribution in [1.82, 2.24) is 24.5 Å². The van der Waals surface area contributed by atoms with E-state index in [0.29, 0.717) is 5.69 Å². The van der Waals surface area contributed by atoms with E-state index in [9.17, 15) is 4.79 Å². The average Bonchev–Trinajstić information content (AvgIpc) is 3.10. The van der Waals surface area contributed by atoms with Crippen LogP contribution in [0.3, 0.4) is 0 Å². The summed E-state index contributed by atoms with van der Waals surface area (Å²) in [4.78, 5) is 15.8. The fraction of sp³-hybridized carbons (Fsp3) is 0.200. The highest BCUT2D eigenvalue weighted by atomic mass is 35.5. The summed E-state index contributed by atoms with van der Waals surface area (Å²) in [5, 5.41) is 11.4. The van der Waals surface area contributed by atoms with Crippen LogP contribution in [0, 0.1) is 0 Å². The second kappa shape index (κ2) is 6.21. The Hall–Kier alpha value is -2.67. The quantitative estimate of drug-likeness (QED) is 0.793. The fourth-order valence-electron chi connectivity index (χ4n) is 2.21. The number of aryl methyl sites for hydroxylation is 1. The van der Waals surface area contributed by atoms with Crippen LogP contribution >= 0.6 is 11.6 Å². The first-order valence-electron chi connectivity index (χ1n) is 6.99. The van der Waals surface area contributed by atoms with E-state index in [4.69, 9.17) is 11.6 Å². The largest absolute Gasteiger partial charge is 0.376 e. The molecule has 0 saturated carbocycles. The number of rotatable bonds is 4. The number of nitrogens with zero attached hydrogens (tertiary/aromatic N) is 5. The summed E-state index contributed by atoms with van der Waals surface area (Å²) < 4.78 is 2.88. The van der Waals surface area contributed by atoms with Gasteiger partial charge in [0, 0.05) is 13.1 Å². The molecule has 3 rings (SSSR count). The molecule has 2 heterocycles. The van der Waals surface area contributed by atoms with Gasteiger partial charge in [-0.25, -0.2) is 14.3 Å². The maximum atomic E-state index is 11.8. The van der Waals surface area contributed by atoms with Crippen molar-refractivity contribution in [2.24, 2.45) is 7.05 Å². The lowest BCUT2D eigenvalue weighted by molar-refractivity contribution is 0.706. The van der Waals surface area contributed by atoms with Crippen molar-refractivity contribution in [1.29, 1.82) is 0 Å². The Morgan fingerprint density at radius 1 is 1.30 bits per heavy atom. The summed E-state index contributed by atoms with van der Waals surface area (Å²) in [5.74, 6) is 0. The molecule has 8 heteroatoms. The molecule has 0 aliphatic heterocycles. The average molecular weight is 331 g/mol. The van der Waals surface area contributed by atoms with E-state index in [2.05, 4.69) is 20.5 Å². The number of benzene rings is 1. The third kappa shape index (κ3) is 3.09. The Morgan fingerprint density at radius 2 is 2.13 bits per heavy atom. The molecule has 0 saturated heterocycles. The van der Waals surface area contributed by atoms with Crippen molar-refractivity contribution in [3.63, 3.8) is 0 Å². The minimum atomic E-state index is -0.333. The Balaban J connectivity index is 1.87. The lowest BCUT2D eigenvalue weighted by Gasteiger charge is -2.17. The van der Waals surface area contributed by atoms with Crippen LogP contribution in [-0.2, 0) is 7.05 Å². The molecule has 118 valence electrons. The van der Waals surface area contributed by atoms with Crippen LogP contribution in [0.4, 0.5) is 5.69 Å². The number of nitrogens with one attached hydrogen (secondary N) is 1. The van der Waals surface area contributed by atoms with Crippen LogP contribution in [0.15, 0.2) is 47.9 Å². The first-order chi connectivity index (χ1) is 11.1. The molecule has 23 heavy (non-hydrogen) atoms. The van der Waals surface area contributed by atoms with Gasteiger partial charge >= 0.3 is 0 Å². The van der Waals surface area contributed by atoms with Crippen molar-refractivity contribution in [3.8, 4) is 5.69 Å². The second-order valence-corrected chi connectivity index (χ2v) is 5.48. The van der Waals surface area contributed by atoms with Gasteiger partial charge in [-0.1, -0.05) is 23.7 Å². The SMILES string of the molecule is C[C@@H](Nc1cnn(C)c(=O)c1Cl)c1cccc(-n2cncn2)c1. The lowest BCUT2D eigenvalue weighted by atomic mass is 10.1. The number of hydrogen-bond acceptors (Lipinski definition) is 5. The first kappa shape index (κ1) is 15.2. The number of aromatic nitrogens is 5. The second-order valence-electron chi connectivity index (χ2n) is 5.10. The fourth-order valence-corrected chi connectivity index (χ4v) is 2.43. The molecule has 0 amide bonds. The molecule has 1 aromatic carbocycles. The minimum absolute atomic E-state index is 0.0649. The van der Waals surface area contributed by atoms with E-state index in [-0.39, 0.29) is 16.6 Å². The standard InChI is InChI=1S/C15H15ClN6O/c1-10(20-13-7-18-21(2)15(23)14(13)16)11-4-3-5-12(6-11)22-9-17-8-19-22/h3-10,20H,1-2H3/t10-/m1/s1.